The normalized spacial score (nSPS) is 12.2. The molecule has 1 unspecified atom stereocenters. The molecule has 0 bridgehead atoms. The van der Waals surface area contributed by atoms with E-state index in [0.717, 1.165) is 22.3 Å². The van der Waals surface area contributed by atoms with E-state index in [1.54, 1.807) is 7.11 Å². The van der Waals surface area contributed by atoms with Crippen molar-refractivity contribution in [2.45, 2.75) is 37.2 Å². The van der Waals surface area contributed by atoms with Crippen molar-refractivity contribution in [2.24, 2.45) is 0 Å². The summed E-state index contributed by atoms with van der Waals surface area (Å²) in [6.07, 6.45) is 0. The van der Waals surface area contributed by atoms with E-state index in [9.17, 15) is 4.79 Å². The minimum Gasteiger partial charge on any atom is -0.497 e. The van der Waals surface area contributed by atoms with Crippen molar-refractivity contribution in [1.29, 1.82) is 0 Å². The first-order valence-corrected chi connectivity index (χ1v) is 9.74. The predicted molar refractivity (Wildman–Crippen MR) is 108 cm³/mol. The molecule has 1 aromatic heterocycles. The van der Waals surface area contributed by atoms with Crippen molar-refractivity contribution < 1.29 is 9.53 Å². The highest BCUT2D eigenvalue weighted by Crippen LogP contribution is 2.31. The monoisotopic (exact) mass is 381 g/mol. The first-order chi connectivity index (χ1) is 13.0. The molecule has 140 valence electrons. The zero-order valence-electron chi connectivity index (χ0n) is 15.9. The number of benzene rings is 2. The Bertz CT molecular complexity index is 905. The van der Waals surface area contributed by atoms with Gasteiger partial charge in [0.25, 0.3) is 0 Å². The maximum Gasteiger partial charge on any atom is 0.192 e. The molecule has 0 amide bonds. The van der Waals surface area contributed by atoms with Crippen LogP contribution in [0, 0.1) is 0 Å². The van der Waals surface area contributed by atoms with Crippen molar-refractivity contribution in [3.05, 3.63) is 60.2 Å². The summed E-state index contributed by atoms with van der Waals surface area (Å²) in [5.74, 6) is 1.67. The summed E-state index contributed by atoms with van der Waals surface area (Å²) in [6.45, 7) is 6.08. The van der Waals surface area contributed by atoms with Crippen molar-refractivity contribution in [3.63, 3.8) is 0 Å². The van der Waals surface area contributed by atoms with Gasteiger partial charge in [0.2, 0.25) is 0 Å². The number of nitrogens with zero attached hydrogens (tertiary/aromatic N) is 3. The van der Waals surface area contributed by atoms with E-state index >= 15 is 0 Å². The largest absolute Gasteiger partial charge is 0.497 e. The molecule has 0 aliphatic carbocycles. The van der Waals surface area contributed by atoms with E-state index in [4.69, 9.17) is 4.74 Å². The molecule has 1 atom stereocenters. The second kappa shape index (κ2) is 8.39. The number of hydrogen-bond donors (Lipinski definition) is 0. The third kappa shape index (κ3) is 4.22. The highest BCUT2D eigenvalue weighted by atomic mass is 32.2. The van der Waals surface area contributed by atoms with E-state index in [1.165, 1.54) is 11.8 Å². The number of thioether (sulfide) groups is 1. The van der Waals surface area contributed by atoms with Crippen LogP contribution in [0.25, 0.3) is 11.4 Å². The van der Waals surface area contributed by atoms with Gasteiger partial charge < -0.3 is 4.74 Å². The molecule has 5 nitrogen and oxygen atoms in total. The van der Waals surface area contributed by atoms with Gasteiger partial charge >= 0.3 is 0 Å². The maximum absolute atomic E-state index is 12.7. The SMILES string of the molecule is COc1ccc(-c2nnc(SC(C)C(=O)c3ccccc3)n2C(C)C)cc1. The molecule has 2 aromatic carbocycles. The van der Waals surface area contributed by atoms with Crippen LogP contribution in [0.5, 0.6) is 5.75 Å². The summed E-state index contributed by atoms with van der Waals surface area (Å²) in [4.78, 5) is 12.7. The number of rotatable bonds is 7. The van der Waals surface area contributed by atoms with Crippen LogP contribution in [0.4, 0.5) is 0 Å². The fourth-order valence-electron chi connectivity index (χ4n) is 2.81. The van der Waals surface area contributed by atoms with Gasteiger partial charge in [-0.05, 0) is 45.0 Å². The number of carbonyl (C=O) groups is 1. The van der Waals surface area contributed by atoms with Gasteiger partial charge in [-0.2, -0.15) is 0 Å². The van der Waals surface area contributed by atoms with Gasteiger partial charge in [0.1, 0.15) is 5.75 Å². The number of methoxy groups -OCH3 is 1. The minimum absolute atomic E-state index is 0.0879. The second-order valence-electron chi connectivity index (χ2n) is 6.49. The lowest BCUT2D eigenvalue weighted by Crippen LogP contribution is -2.15. The van der Waals surface area contributed by atoms with Gasteiger partial charge in [0.05, 0.1) is 12.4 Å². The molecule has 0 spiro atoms. The fourth-order valence-corrected chi connectivity index (χ4v) is 3.87. The molecule has 1 heterocycles. The Morgan fingerprint density at radius 3 is 2.26 bits per heavy atom. The molecule has 3 aromatic rings. The summed E-state index contributed by atoms with van der Waals surface area (Å²) < 4.78 is 7.30. The van der Waals surface area contributed by atoms with Crippen LogP contribution in [0.3, 0.4) is 0 Å². The zero-order chi connectivity index (χ0) is 19.4. The smallest absolute Gasteiger partial charge is 0.192 e. The highest BCUT2D eigenvalue weighted by Gasteiger charge is 2.22. The Morgan fingerprint density at radius 2 is 1.67 bits per heavy atom. The van der Waals surface area contributed by atoms with Gasteiger partial charge in [0.15, 0.2) is 16.8 Å². The Balaban J connectivity index is 1.87. The average molecular weight is 382 g/mol. The number of carbonyl (C=O) groups excluding carboxylic acids is 1. The molecule has 0 saturated heterocycles. The Labute approximate surface area is 163 Å². The maximum atomic E-state index is 12.7. The highest BCUT2D eigenvalue weighted by molar-refractivity contribution is 8.00. The summed E-state index contributed by atoms with van der Waals surface area (Å²) in [5.41, 5.74) is 1.68. The number of ether oxygens (including phenoxy) is 1. The van der Waals surface area contributed by atoms with E-state index in [-0.39, 0.29) is 17.1 Å². The average Bonchev–Trinajstić information content (AvgIpc) is 3.11. The van der Waals surface area contributed by atoms with Gasteiger partial charge in [-0.1, -0.05) is 42.1 Å². The summed E-state index contributed by atoms with van der Waals surface area (Å²) in [5, 5.41) is 9.24. The Kier molecular flexibility index (Phi) is 5.96. The molecule has 0 radical (unpaired) electrons. The number of ketones is 1. The van der Waals surface area contributed by atoms with Crippen LogP contribution in [0.1, 0.15) is 37.2 Å². The predicted octanol–water partition coefficient (Wildman–Crippen LogP) is 4.90. The standard InChI is InChI=1S/C21H23N3O2S/c1-14(2)24-20(17-10-12-18(26-4)13-11-17)22-23-21(24)27-15(3)19(25)16-8-6-5-7-9-16/h5-15H,1-4H3. The molecule has 27 heavy (non-hydrogen) atoms. The van der Waals surface area contributed by atoms with Crippen LogP contribution >= 0.6 is 11.8 Å². The van der Waals surface area contributed by atoms with Crippen LogP contribution in [0.15, 0.2) is 59.8 Å². The van der Waals surface area contributed by atoms with E-state index < -0.39 is 0 Å². The lowest BCUT2D eigenvalue weighted by atomic mass is 10.1. The van der Waals surface area contributed by atoms with Gasteiger partial charge in [-0.3, -0.25) is 9.36 Å². The quantitative estimate of drug-likeness (QED) is 0.430. The third-order valence-corrected chi connectivity index (χ3v) is 5.30. The van der Waals surface area contributed by atoms with Crippen LogP contribution in [-0.4, -0.2) is 32.9 Å². The van der Waals surface area contributed by atoms with Gasteiger partial charge in [0, 0.05) is 17.2 Å². The zero-order valence-corrected chi connectivity index (χ0v) is 16.7. The van der Waals surface area contributed by atoms with Gasteiger partial charge in [-0.25, -0.2) is 0 Å². The molecular formula is C21H23N3O2S. The van der Waals surface area contributed by atoms with Crippen molar-refractivity contribution in [1.82, 2.24) is 14.8 Å². The topological polar surface area (TPSA) is 57.0 Å². The fraction of sp³-hybridized carbons (Fsp3) is 0.286. The molecule has 0 aliphatic heterocycles. The molecule has 3 rings (SSSR count). The van der Waals surface area contributed by atoms with Crippen LogP contribution < -0.4 is 4.74 Å². The van der Waals surface area contributed by atoms with Crippen molar-refractivity contribution in [3.8, 4) is 17.1 Å². The molecule has 6 heteroatoms. The number of hydrogen-bond acceptors (Lipinski definition) is 5. The lowest BCUT2D eigenvalue weighted by Gasteiger charge is -2.16. The number of aromatic nitrogens is 3. The lowest BCUT2D eigenvalue weighted by molar-refractivity contribution is 0.0994. The first kappa shape index (κ1) is 19.2. The molecule has 0 N–H and O–H groups in total. The van der Waals surface area contributed by atoms with Crippen molar-refractivity contribution >= 4 is 17.5 Å². The van der Waals surface area contributed by atoms with Gasteiger partial charge in [-0.15, -0.1) is 10.2 Å². The van der Waals surface area contributed by atoms with E-state index in [0.29, 0.717) is 5.56 Å². The molecule has 0 aliphatic rings. The molecule has 0 saturated carbocycles. The Hall–Kier alpha value is -2.60. The van der Waals surface area contributed by atoms with Crippen LogP contribution in [-0.2, 0) is 0 Å². The van der Waals surface area contributed by atoms with Crippen LogP contribution in [0.2, 0.25) is 0 Å². The second-order valence-corrected chi connectivity index (χ2v) is 7.80. The minimum atomic E-state index is -0.252. The summed E-state index contributed by atoms with van der Waals surface area (Å²) >= 11 is 1.44. The Morgan fingerprint density at radius 1 is 1.00 bits per heavy atom. The summed E-state index contributed by atoms with van der Waals surface area (Å²) in [6, 6.07) is 17.3. The van der Waals surface area contributed by atoms with E-state index in [2.05, 4.69) is 28.6 Å². The van der Waals surface area contributed by atoms with Crippen molar-refractivity contribution in [2.75, 3.05) is 7.11 Å². The molecule has 0 fully saturated rings. The summed E-state index contributed by atoms with van der Waals surface area (Å²) in [7, 11) is 1.64. The van der Waals surface area contributed by atoms with E-state index in [1.807, 2.05) is 61.5 Å². The first-order valence-electron chi connectivity index (χ1n) is 8.86. The number of Topliss-reactive ketones (excluding diaryl/α,β-unsaturated/α-hetero) is 1. The third-order valence-electron chi connectivity index (χ3n) is 4.24. The molecular weight excluding hydrogens is 358 g/mol.